The van der Waals surface area contributed by atoms with Crippen LogP contribution in [0.1, 0.15) is 33.6 Å². The Bertz CT molecular complexity index is 371. The summed E-state index contributed by atoms with van der Waals surface area (Å²) >= 11 is 0. The van der Waals surface area contributed by atoms with Crippen molar-refractivity contribution in [3.05, 3.63) is 11.6 Å². The quantitative estimate of drug-likeness (QED) is 0.572. The van der Waals surface area contributed by atoms with E-state index in [0.717, 1.165) is 12.3 Å². The minimum absolute atomic E-state index is 0.245. The van der Waals surface area contributed by atoms with Gasteiger partial charge in [-0.25, -0.2) is 10.2 Å². The third kappa shape index (κ3) is 2.21. The van der Waals surface area contributed by atoms with Gasteiger partial charge < -0.3 is 5.32 Å². The molecular formula is C13H21N3O. The van der Waals surface area contributed by atoms with Crippen LogP contribution in [0, 0.1) is 17.3 Å². The second-order valence-electron chi connectivity index (χ2n) is 5.48. The van der Waals surface area contributed by atoms with Gasteiger partial charge in [-0.2, -0.15) is 5.10 Å². The Kier molecular flexibility index (Phi) is 3.22. The number of carbonyl (C=O) groups excluding carboxylic acids is 1. The van der Waals surface area contributed by atoms with Gasteiger partial charge in [-0.05, 0) is 42.6 Å². The number of carbonyl (C=O) groups is 1. The number of urea groups is 1. The summed E-state index contributed by atoms with van der Waals surface area (Å²) in [5.74, 6) is 1.45. The minimum Gasteiger partial charge on any atom is -0.337 e. The van der Waals surface area contributed by atoms with Crippen molar-refractivity contribution in [1.29, 1.82) is 0 Å². The first-order valence-electron chi connectivity index (χ1n) is 6.32. The van der Waals surface area contributed by atoms with Crippen molar-refractivity contribution < 1.29 is 4.79 Å². The van der Waals surface area contributed by atoms with Crippen LogP contribution in [0.2, 0.25) is 0 Å². The molecule has 2 atom stereocenters. The number of hydrogen-bond donors (Lipinski definition) is 2. The van der Waals surface area contributed by atoms with Gasteiger partial charge in [0.25, 0.3) is 0 Å². The summed E-state index contributed by atoms with van der Waals surface area (Å²) in [5.41, 5.74) is 4.15. The van der Waals surface area contributed by atoms with Crippen LogP contribution >= 0.6 is 0 Å². The zero-order chi connectivity index (χ0) is 12.5. The van der Waals surface area contributed by atoms with Crippen LogP contribution in [0.5, 0.6) is 0 Å². The lowest BCUT2D eigenvalue weighted by molar-refractivity contribution is -0.00126. The first-order valence-corrected chi connectivity index (χ1v) is 6.32. The van der Waals surface area contributed by atoms with Gasteiger partial charge in [-0.3, -0.25) is 0 Å². The molecule has 0 heterocycles. The molecule has 1 saturated carbocycles. The van der Waals surface area contributed by atoms with Crippen molar-refractivity contribution in [1.82, 2.24) is 10.7 Å². The summed E-state index contributed by atoms with van der Waals surface area (Å²) in [4.78, 5) is 11.1. The van der Waals surface area contributed by atoms with E-state index in [-0.39, 0.29) is 6.03 Å². The minimum atomic E-state index is -0.245. The lowest BCUT2D eigenvalue weighted by Crippen LogP contribution is -2.48. The van der Waals surface area contributed by atoms with Crippen LogP contribution in [0.15, 0.2) is 16.8 Å². The van der Waals surface area contributed by atoms with Gasteiger partial charge in [0.05, 0.1) is 6.21 Å². The van der Waals surface area contributed by atoms with Gasteiger partial charge in [0.2, 0.25) is 0 Å². The predicted octanol–water partition coefficient (Wildman–Crippen LogP) is 2.28. The van der Waals surface area contributed by atoms with Crippen molar-refractivity contribution in [2.24, 2.45) is 22.4 Å². The molecule has 0 aromatic rings. The number of allylic oxidation sites excluding steroid dienone is 2. The zero-order valence-electron chi connectivity index (χ0n) is 10.8. The predicted molar refractivity (Wildman–Crippen MR) is 68.8 cm³/mol. The van der Waals surface area contributed by atoms with E-state index < -0.39 is 0 Å². The normalized spacial score (nSPS) is 29.5. The molecule has 2 N–H and O–H groups in total. The van der Waals surface area contributed by atoms with Crippen LogP contribution in [0.25, 0.3) is 0 Å². The number of hydrazone groups is 1. The van der Waals surface area contributed by atoms with Crippen LogP contribution in [-0.2, 0) is 0 Å². The summed E-state index contributed by atoms with van der Waals surface area (Å²) in [5, 5.41) is 6.64. The smallest absolute Gasteiger partial charge is 0.335 e. The van der Waals surface area contributed by atoms with Gasteiger partial charge in [0, 0.05) is 6.54 Å². The molecule has 3 aliphatic carbocycles. The number of amides is 2. The molecule has 0 spiro atoms. The topological polar surface area (TPSA) is 53.5 Å². The Morgan fingerprint density at radius 3 is 3.00 bits per heavy atom. The van der Waals surface area contributed by atoms with E-state index in [2.05, 4.69) is 35.8 Å². The van der Waals surface area contributed by atoms with Crippen LogP contribution in [-0.4, -0.2) is 18.8 Å². The molecule has 2 bridgehead atoms. The fraction of sp³-hybridized carbons (Fsp3) is 0.692. The summed E-state index contributed by atoms with van der Waals surface area (Å²) < 4.78 is 0. The molecule has 94 valence electrons. The summed E-state index contributed by atoms with van der Waals surface area (Å²) in [6.45, 7) is 7.14. The number of nitrogens with one attached hydrogen (secondary N) is 2. The largest absolute Gasteiger partial charge is 0.337 e. The molecule has 1 fully saturated rings. The zero-order valence-corrected chi connectivity index (χ0v) is 10.8. The van der Waals surface area contributed by atoms with Gasteiger partial charge in [-0.15, -0.1) is 0 Å². The number of rotatable bonds is 3. The van der Waals surface area contributed by atoms with Gasteiger partial charge >= 0.3 is 6.03 Å². The molecule has 17 heavy (non-hydrogen) atoms. The highest BCUT2D eigenvalue weighted by atomic mass is 16.2. The Morgan fingerprint density at radius 1 is 1.65 bits per heavy atom. The van der Waals surface area contributed by atoms with Crippen molar-refractivity contribution in [2.45, 2.75) is 33.6 Å². The van der Waals surface area contributed by atoms with E-state index in [9.17, 15) is 4.79 Å². The standard InChI is InChI=1S/C13H21N3O/c1-4-14-12(17)16-15-8-9-5-6-10-7-11(9)13(10,2)3/h5,8,10-11H,4,6-7H2,1-3H3,(H2,14,16,17)/t10-,11+/m0/s1. The Labute approximate surface area is 103 Å². The van der Waals surface area contributed by atoms with E-state index in [4.69, 9.17) is 0 Å². The fourth-order valence-electron chi connectivity index (χ4n) is 2.91. The summed E-state index contributed by atoms with van der Waals surface area (Å²) in [7, 11) is 0. The SMILES string of the molecule is CCNC(=O)NN=CC1=CC[C@H]2C[C@H]1C2(C)C. The molecule has 0 unspecified atom stereocenters. The molecule has 4 heteroatoms. The average Bonchev–Trinajstić information content (AvgIpc) is 2.29. The van der Waals surface area contributed by atoms with E-state index in [0.29, 0.717) is 17.9 Å². The second kappa shape index (κ2) is 4.51. The molecule has 0 saturated heterocycles. The average molecular weight is 235 g/mol. The van der Waals surface area contributed by atoms with E-state index in [1.165, 1.54) is 12.0 Å². The monoisotopic (exact) mass is 235 g/mol. The molecule has 0 aromatic carbocycles. The number of hydrogen-bond acceptors (Lipinski definition) is 2. The first-order chi connectivity index (χ1) is 8.05. The maximum absolute atomic E-state index is 11.1. The van der Waals surface area contributed by atoms with Crippen LogP contribution < -0.4 is 10.7 Å². The molecule has 0 aromatic heterocycles. The van der Waals surface area contributed by atoms with E-state index >= 15 is 0 Å². The van der Waals surface area contributed by atoms with Crippen molar-refractivity contribution in [3.63, 3.8) is 0 Å². The Morgan fingerprint density at radius 2 is 2.41 bits per heavy atom. The Hall–Kier alpha value is -1.32. The molecular weight excluding hydrogens is 214 g/mol. The molecule has 3 rings (SSSR count). The van der Waals surface area contributed by atoms with Gasteiger partial charge in [0.1, 0.15) is 0 Å². The van der Waals surface area contributed by atoms with Gasteiger partial charge in [-0.1, -0.05) is 19.9 Å². The van der Waals surface area contributed by atoms with E-state index in [1.807, 2.05) is 6.92 Å². The van der Waals surface area contributed by atoms with Crippen molar-refractivity contribution in [3.8, 4) is 0 Å². The van der Waals surface area contributed by atoms with Crippen LogP contribution in [0.4, 0.5) is 4.79 Å². The first kappa shape index (κ1) is 12.1. The highest BCUT2D eigenvalue weighted by Crippen LogP contribution is 2.58. The molecule has 0 aliphatic heterocycles. The molecule has 2 amide bonds. The number of nitrogens with zero attached hydrogens (tertiary/aromatic N) is 1. The van der Waals surface area contributed by atoms with Crippen LogP contribution in [0.3, 0.4) is 0 Å². The third-order valence-electron chi connectivity index (χ3n) is 4.23. The maximum atomic E-state index is 11.1. The lowest BCUT2D eigenvalue weighted by atomic mass is 9.49. The number of fused-ring (bicyclic) bond motifs is 1. The van der Waals surface area contributed by atoms with Gasteiger partial charge in [0.15, 0.2) is 0 Å². The van der Waals surface area contributed by atoms with E-state index in [1.54, 1.807) is 6.21 Å². The highest BCUT2D eigenvalue weighted by Gasteiger charge is 2.50. The summed E-state index contributed by atoms with van der Waals surface area (Å²) in [6, 6.07) is -0.245. The molecule has 4 nitrogen and oxygen atoms in total. The summed E-state index contributed by atoms with van der Waals surface area (Å²) in [6.07, 6.45) is 6.47. The maximum Gasteiger partial charge on any atom is 0.335 e. The third-order valence-corrected chi connectivity index (χ3v) is 4.23. The molecule has 3 aliphatic rings. The highest BCUT2D eigenvalue weighted by molar-refractivity contribution is 5.82. The van der Waals surface area contributed by atoms with Crippen molar-refractivity contribution >= 4 is 12.2 Å². The second-order valence-corrected chi connectivity index (χ2v) is 5.48. The molecule has 0 radical (unpaired) electrons. The lowest BCUT2D eigenvalue weighted by Gasteiger charge is -2.55. The Balaban J connectivity index is 1.90. The fourth-order valence-corrected chi connectivity index (χ4v) is 2.91. The van der Waals surface area contributed by atoms with Crippen molar-refractivity contribution in [2.75, 3.05) is 6.54 Å².